The Labute approximate surface area is 157 Å². The summed E-state index contributed by atoms with van der Waals surface area (Å²) in [5.74, 6) is 2.74. The van der Waals surface area contributed by atoms with Crippen molar-refractivity contribution in [2.24, 2.45) is 17.8 Å². The minimum atomic E-state index is 0.601. The Morgan fingerprint density at radius 1 is 0.500 bits per heavy atom. The van der Waals surface area contributed by atoms with Gasteiger partial charge in [0.15, 0.2) is 0 Å². The molecule has 3 aliphatic carbocycles. The molecule has 0 aromatic carbocycles. The molecule has 1 saturated heterocycles. The standard InChI is InChI=1S/C21H37BrN2/c22-18-13-11-17(12-14-18)21-23-19(15-7-3-1-4-8-15)20(24-21)16-9-5-2-6-10-16/h15-21,23-24H,1-14H2. The lowest BCUT2D eigenvalue weighted by Gasteiger charge is -2.36. The van der Waals surface area contributed by atoms with Crippen molar-refractivity contribution in [1.82, 2.24) is 10.6 Å². The van der Waals surface area contributed by atoms with Crippen molar-refractivity contribution in [2.75, 3.05) is 0 Å². The van der Waals surface area contributed by atoms with Gasteiger partial charge in [-0.05, 0) is 69.1 Å². The molecule has 1 heterocycles. The lowest BCUT2D eigenvalue weighted by molar-refractivity contribution is 0.205. The molecule has 0 amide bonds. The molecular formula is C21H37BrN2. The SMILES string of the molecule is BrC1CCC(C2NC(C3CCCCC3)C(C3CCCCC3)N2)CC1. The highest BCUT2D eigenvalue weighted by atomic mass is 79.9. The fourth-order valence-electron chi connectivity index (χ4n) is 6.20. The first-order chi connectivity index (χ1) is 11.8. The zero-order valence-electron chi connectivity index (χ0n) is 15.3. The molecule has 4 aliphatic rings. The van der Waals surface area contributed by atoms with E-state index in [0.717, 1.165) is 34.7 Å². The van der Waals surface area contributed by atoms with Gasteiger partial charge in [0.05, 0.1) is 6.17 Å². The largest absolute Gasteiger partial charge is 0.297 e. The fourth-order valence-corrected chi connectivity index (χ4v) is 6.73. The van der Waals surface area contributed by atoms with Gasteiger partial charge in [-0.3, -0.25) is 10.6 Å². The summed E-state index contributed by atoms with van der Waals surface area (Å²) in [5, 5.41) is 8.33. The quantitative estimate of drug-likeness (QED) is 0.627. The highest BCUT2D eigenvalue weighted by Crippen LogP contribution is 2.39. The monoisotopic (exact) mass is 396 g/mol. The van der Waals surface area contributed by atoms with Crippen LogP contribution in [0, 0.1) is 17.8 Å². The van der Waals surface area contributed by atoms with Crippen LogP contribution in [0.15, 0.2) is 0 Å². The molecule has 4 fully saturated rings. The predicted molar refractivity (Wildman–Crippen MR) is 105 cm³/mol. The van der Waals surface area contributed by atoms with Crippen LogP contribution < -0.4 is 10.6 Å². The van der Waals surface area contributed by atoms with Crippen LogP contribution in [0.25, 0.3) is 0 Å². The third kappa shape index (κ3) is 4.04. The van der Waals surface area contributed by atoms with Crippen LogP contribution in [0.1, 0.15) is 89.9 Å². The van der Waals surface area contributed by atoms with Crippen LogP contribution in [0.4, 0.5) is 0 Å². The molecule has 2 unspecified atom stereocenters. The lowest BCUT2D eigenvalue weighted by atomic mass is 9.75. The Balaban J connectivity index is 1.44. The lowest BCUT2D eigenvalue weighted by Crippen LogP contribution is -2.45. The molecule has 4 rings (SSSR count). The summed E-state index contributed by atoms with van der Waals surface area (Å²) in [4.78, 5) is 0.776. The number of nitrogens with one attached hydrogen (secondary N) is 2. The Kier molecular flexibility index (Phi) is 6.22. The van der Waals surface area contributed by atoms with E-state index in [1.54, 1.807) is 0 Å². The van der Waals surface area contributed by atoms with Gasteiger partial charge in [-0.15, -0.1) is 0 Å². The predicted octanol–water partition coefficient (Wildman–Crippen LogP) is 5.36. The molecule has 2 N–H and O–H groups in total. The summed E-state index contributed by atoms with van der Waals surface area (Å²) in [7, 11) is 0. The van der Waals surface area contributed by atoms with E-state index in [0.29, 0.717) is 6.17 Å². The minimum absolute atomic E-state index is 0.601. The Morgan fingerprint density at radius 2 is 0.958 bits per heavy atom. The van der Waals surface area contributed by atoms with E-state index in [1.807, 2.05) is 0 Å². The van der Waals surface area contributed by atoms with Crippen molar-refractivity contribution in [2.45, 2.75) is 113 Å². The van der Waals surface area contributed by atoms with Gasteiger partial charge in [0, 0.05) is 16.9 Å². The average Bonchev–Trinajstić information content (AvgIpc) is 3.09. The molecule has 138 valence electrons. The smallest absolute Gasteiger partial charge is 0.0606 e. The van der Waals surface area contributed by atoms with Crippen molar-refractivity contribution in [3.8, 4) is 0 Å². The Morgan fingerprint density at radius 3 is 1.42 bits per heavy atom. The van der Waals surface area contributed by atoms with Crippen LogP contribution in [0.3, 0.4) is 0 Å². The highest BCUT2D eigenvalue weighted by molar-refractivity contribution is 9.09. The van der Waals surface area contributed by atoms with Crippen molar-refractivity contribution >= 4 is 15.9 Å². The molecule has 3 heteroatoms. The summed E-state index contributed by atoms with van der Waals surface area (Å²) in [6.45, 7) is 0. The molecule has 24 heavy (non-hydrogen) atoms. The maximum Gasteiger partial charge on any atom is 0.0606 e. The number of rotatable bonds is 3. The molecule has 1 aliphatic heterocycles. The Hall–Kier alpha value is 0.400. The first-order valence-electron chi connectivity index (χ1n) is 11.0. The van der Waals surface area contributed by atoms with Gasteiger partial charge in [0.1, 0.15) is 0 Å². The van der Waals surface area contributed by atoms with Gasteiger partial charge >= 0.3 is 0 Å². The third-order valence-corrected chi connectivity index (χ3v) is 8.53. The summed E-state index contributed by atoms with van der Waals surface area (Å²) in [5.41, 5.74) is 0. The van der Waals surface area contributed by atoms with Crippen molar-refractivity contribution < 1.29 is 0 Å². The first-order valence-corrected chi connectivity index (χ1v) is 11.9. The Bertz CT molecular complexity index is 355. The van der Waals surface area contributed by atoms with Gasteiger partial charge < -0.3 is 0 Å². The minimum Gasteiger partial charge on any atom is -0.297 e. The molecule has 0 radical (unpaired) electrons. The number of hydrogen-bond acceptors (Lipinski definition) is 2. The highest BCUT2D eigenvalue weighted by Gasteiger charge is 2.44. The number of hydrogen-bond donors (Lipinski definition) is 2. The van der Waals surface area contributed by atoms with Crippen molar-refractivity contribution in [3.63, 3.8) is 0 Å². The zero-order valence-corrected chi connectivity index (χ0v) is 16.9. The first kappa shape index (κ1) is 17.8. The van der Waals surface area contributed by atoms with Gasteiger partial charge in [0.25, 0.3) is 0 Å². The maximum absolute atomic E-state index is 4.17. The van der Waals surface area contributed by atoms with E-state index in [2.05, 4.69) is 26.6 Å². The van der Waals surface area contributed by atoms with Gasteiger partial charge in [-0.1, -0.05) is 54.5 Å². The molecule has 0 bridgehead atoms. The second-order valence-electron chi connectivity index (χ2n) is 9.17. The third-order valence-electron chi connectivity index (χ3n) is 7.62. The summed E-state index contributed by atoms with van der Waals surface area (Å²) >= 11 is 3.83. The summed E-state index contributed by atoms with van der Waals surface area (Å²) < 4.78 is 0. The normalized spacial score (nSPS) is 43.1. The molecule has 0 spiro atoms. The molecule has 2 atom stereocenters. The van der Waals surface area contributed by atoms with E-state index < -0.39 is 0 Å². The van der Waals surface area contributed by atoms with Crippen LogP contribution in [0.5, 0.6) is 0 Å². The summed E-state index contributed by atoms with van der Waals surface area (Å²) in [6, 6.07) is 1.53. The fraction of sp³-hybridized carbons (Fsp3) is 1.00. The second kappa shape index (κ2) is 8.39. The van der Waals surface area contributed by atoms with E-state index in [9.17, 15) is 0 Å². The molecule has 3 saturated carbocycles. The molecule has 0 aromatic rings. The second-order valence-corrected chi connectivity index (χ2v) is 10.5. The van der Waals surface area contributed by atoms with E-state index >= 15 is 0 Å². The number of halogens is 1. The molecular weight excluding hydrogens is 360 g/mol. The topological polar surface area (TPSA) is 24.1 Å². The van der Waals surface area contributed by atoms with Crippen LogP contribution in [0.2, 0.25) is 0 Å². The molecule has 0 aromatic heterocycles. The van der Waals surface area contributed by atoms with Crippen LogP contribution >= 0.6 is 15.9 Å². The van der Waals surface area contributed by atoms with Crippen LogP contribution in [-0.4, -0.2) is 23.1 Å². The van der Waals surface area contributed by atoms with E-state index in [1.165, 1.54) is 89.9 Å². The van der Waals surface area contributed by atoms with Crippen molar-refractivity contribution in [1.29, 1.82) is 0 Å². The van der Waals surface area contributed by atoms with Gasteiger partial charge in [-0.25, -0.2) is 0 Å². The average molecular weight is 397 g/mol. The van der Waals surface area contributed by atoms with Crippen LogP contribution in [-0.2, 0) is 0 Å². The van der Waals surface area contributed by atoms with Crippen molar-refractivity contribution in [3.05, 3.63) is 0 Å². The number of alkyl halides is 1. The summed E-state index contributed by atoms with van der Waals surface area (Å²) in [6.07, 6.45) is 20.9. The molecule has 2 nitrogen and oxygen atoms in total. The van der Waals surface area contributed by atoms with Gasteiger partial charge in [-0.2, -0.15) is 0 Å². The van der Waals surface area contributed by atoms with E-state index in [4.69, 9.17) is 0 Å². The zero-order chi connectivity index (χ0) is 16.4. The van der Waals surface area contributed by atoms with Gasteiger partial charge in [0.2, 0.25) is 0 Å². The van der Waals surface area contributed by atoms with E-state index in [-0.39, 0.29) is 0 Å². The maximum atomic E-state index is 4.17.